The zero-order valence-electron chi connectivity index (χ0n) is 13.4. The lowest BCUT2D eigenvalue weighted by atomic mass is 10.2. The largest absolute Gasteiger partial charge is 0.431 e. The standard InChI is InChI=1S/C15H27N3O2Si/c1-12(2)16-8-9-17-14-7-5-6-13(10-14)15(19)18-11-21(3,4)20/h5-7,10,12,16-17,20H,8-9,11H2,1-4H3,(H,18,19). The highest BCUT2D eigenvalue weighted by molar-refractivity contribution is 6.70. The topological polar surface area (TPSA) is 73.4 Å². The Kier molecular flexibility index (Phi) is 6.87. The molecule has 0 aliphatic rings. The van der Waals surface area contributed by atoms with Crippen LogP contribution < -0.4 is 16.0 Å². The highest BCUT2D eigenvalue weighted by Crippen LogP contribution is 2.10. The van der Waals surface area contributed by atoms with E-state index in [4.69, 9.17) is 0 Å². The maximum Gasteiger partial charge on any atom is 0.251 e. The van der Waals surface area contributed by atoms with Gasteiger partial charge in [0.25, 0.3) is 5.91 Å². The smallest absolute Gasteiger partial charge is 0.251 e. The van der Waals surface area contributed by atoms with E-state index in [1.54, 1.807) is 19.2 Å². The van der Waals surface area contributed by atoms with E-state index < -0.39 is 8.32 Å². The molecule has 1 aromatic carbocycles. The molecule has 0 atom stereocenters. The summed E-state index contributed by atoms with van der Waals surface area (Å²) in [4.78, 5) is 21.8. The lowest BCUT2D eigenvalue weighted by Crippen LogP contribution is -2.42. The number of carbonyl (C=O) groups excluding carboxylic acids is 1. The molecule has 0 radical (unpaired) electrons. The van der Waals surface area contributed by atoms with Crippen LogP contribution in [-0.4, -0.2) is 44.3 Å². The molecule has 0 saturated carbocycles. The molecule has 1 amide bonds. The van der Waals surface area contributed by atoms with Crippen LogP contribution in [0.4, 0.5) is 5.69 Å². The molecule has 5 nitrogen and oxygen atoms in total. The van der Waals surface area contributed by atoms with Crippen molar-refractivity contribution in [3.05, 3.63) is 29.8 Å². The number of rotatable bonds is 8. The molecule has 0 fully saturated rings. The van der Waals surface area contributed by atoms with Crippen LogP contribution in [-0.2, 0) is 0 Å². The van der Waals surface area contributed by atoms with Gasteiger partial charge in [-0.05, 0) is 31.3 Å². The molecular weight excluding hydrogens is 282 g/mol. The summed E-state index contributed by atoms with van der Waals surface area (Å²) in [6, 6.07) is 7.87. The molecule has 0 aliphatic carbocycles. The molecule has 6 heteroatoms. The van der Waals surface area contributed by atoms with Crippen molar-refractivity contribution in [3.8, 4) is 0 Å². The van der Waals surface area contributed by atoms with E-state index in [0.29, 0.717) is 17.8 Å². The predicted octanol–water partition coefficient (Wildman–Crippen LogP) is 1.56. The van der Waals surface area contributed by atoms with E-state index in [1.165, 1.54) is 0 Å². The highest BCUT2D eigenvalue weighted by atomic mass is 28.4. The van der Waals surface area contributed by atoms with Crippen molar-refractivity contribution in [3.63, 3.8) is 0 Å². The minimum atomic E-state index is -2.26. The quantitative estimate of drug-likeness (QED) is 0.434. The minimum absolute atomic E-state index is 0.145. The first-order chi connectivity index (χ1) is 9.78. The third-order valence-electron chi connectivity index (χ3n) is 2.81. The molecule has 0 heterocycles. The maximum absolute atomic E-state index is 12.0. The van der Waals surface area contributed by atoms with Crippen LogP contribution in [0.5, 0.6) is 0 Å². The predicted molar refractivity (Wildman–Crippen MR) is 90.1 cm³/mol. The summed E-state index contributed by atoms with van der Waals surface area (Å²) in [6.45, 7) is 9.49. The number of nitrogens with one attached hydrogen (secondary N) is 3. The lowest BCUT2D eigenvalue weighted by molar-refractivity contribution is 0.0958. The third kappa shape index (κ3) is 7.84. The average Bonchev–Trinajstić information content (AvgIpc) is 2.40. The summed E-state index contributed by atoms with van der Waals surface area (Å²) >= 11 is 0. The van der Waals surface area contributed by atoms with Crippen LogP contribution in [0.15, 0.2) is 24.3 Å². The van der Waals surface area contributed by atoms with Crippen molar-refractivity contribution < 1.29 is 9.59 Å². The molecule has 21 heavy (non-hydrogen) atoms. The molecule has 4 N–H and O–H groups in total. The van der Waals surface area contributed by atoms with Gasteiger partial charge < -0.3 is 20.7 Å². The van der Waals surface area contributed by atoms with Gasteiger partial charge in [-0.15, -0.1) is 0 Å². The van der Waals surface area contributed by atoms with Gasteiger partial charge in [0.05, 0.1) is 0 Å². The summed E-state index contributed by atoms with van der Waals surface area (Å²) in [5, 5.41) is 9.39. The molecule has 0 spiro atoms. The number of benzene rings is 1. The van der Waals surface area contributed by atoms with Gasteiger partial charge in [-0.2, -0.15) is 0 Å². The molecule has 118 valence electrons. The Balaban J connectivity index is 2.49. The van der Waals surface area contributed by atoms with Gasteiger partial charge in [-0.25, -0.2) is 0 Å². The van der Waals surface area contributed by atoms with Crippen LogP contribution in [0.1, 0.15) is 24.2 Å². The normalized spacial score (nSPS) is 11.5. The first-order valence-corrected chi connectivity index (χ1v) is 10.5. The van der Waals surface area contributed by atoms with Crippen LogP contribution in [0.25, 0.3) is 0 Å². The Morgan fingerprint density at radius 3 is 2.62 bits per heavy atom. The van der Waals surface area contributed by atoms with E-state index in [2.05, 4.69) is 29.8 Å². The van der Waals surface area contributed by atoms with Crippen molar-refractivity contribution in [1.82, 2.24) is 10.6 Å². The first kappa shape index (κ1) is 17.7. The third-order valence-corrected chi connectivity index (χ3v) is 3.86. The fraction of sp³-hybridized carbons (Fsp3) is 0.533. The van der Waals surface area contributed by atoms with Gasteiger partial charge in [0.15, 0.2) is 0 Å². The lowest BCUT2D eigenvalue weighted by Gasteiger charge is -2.15. The van der Waals surface area contributed by atoms with Gasteiger partial charge in [0.1, 0.15) is 0 Å². The summed E-state index contributed by atoms with van der Waals surface area (Å²) in [5.74, 6) is -0.145. The molecule has 0 unspecified atom stereocenters. The average molecular weight is 309 g/mol. The van der Waals surface area contributed by atoms with Crippen LogP contribution in [0.3, 0.4) is 0 Å². The van der Waals surface area contributed by atoms with Crippen LogP contribution in [0, 0.1) is 0 Å². The molecule has 1 aromatic rings. The van der Waals surface area contributed by atoms with E-state index in [1.807, 2.05) is 18.2 Å². The first-order valence-electron chi connectivity index (χ1n) is 7.36. The Morgan fingerprint density at radius 1 is 1.29 bits per heavy atom. The monoisotopic (exact) mass is 309 g/mol. The van der Waals surface area contributed by atoms with Crippen molar-refractivity contribution in [2.24, 2.45) is 0 Å². The SMILES string of the molecule is CC(C)NCCNc1cccc(C(=O)NC[Si](C)(C)O)c1. The molecule has 0 aromatic heterocycles. The fourth-order valence-electron chi connectivity index (χ4n) is 1.74. The molecule has 0 saturated heterocycles. The Labute approximate surface area is 128 Å². The summed E-state index contributed by atoms with van der Waals surface area (Å²) in [7, 11) is -2.26. The number of amides is 1. The molecular formula is C15H27N3O2Si. The number of hydrogen-bond acceptors (Lipinski definition) is 4. The van der Waals surface area contributed by atoms with Gasteiger partial charge in [0, 0.05) is 36.6 Å². The number of hydrogen-bond donors (Lipinski definition) is 4. The fourth-order valence-corrected chi connectivity index (χ4v) is 2.33. The number of carbonyl (C=O) groups is 1. The van der Waals surface area contributed by atoms with Gasteiger partial charge in [-0.1, -0.05) is 19.9 Å². The maximum atomic E-state index is 12.0. The zero-order chi connectivity index (χ0) is 15.9. The summed E-state index contributed by atoms with van der Waals surface area (Å²) in [5.41, 5.74) is 1.53. The van der Waals surface area contributed by atoms with Crippen molar-refractivity contribution >= 4 is 19.9 Å². The number of anilines is 1. The second kappa shape index (κ2) is 8.16. The second-order valence-corrected chi connectivity index (χ2v) is 10.1. The Hall–Kier alpha value is -1.37. The van der Waals surface area contributed by atoms with E-state index in [-0.39, 0.29) is 5.91 Å². The Morgan fingerprint density at radius 2 is 2.00 bits per heavy atom. The van der Waals surface area contributed by atoms with Gasteiger partial charge in [-0.3, -0.25) is 4.79 Å². The Bertz CT molecular complexity index is 458. The molecule has 0 bridgehead atoms. The van der Waals surface area contributed by atoms with Gasteiger partial charge >= 0.3 is 0 Å². The van der Waals surface area contributed by atoms with E-state index in [9.17, 15) is 9.59 Å². The zero-order valence-corrected chi connectivity index (χ0v) is 14.4. The van der Waals surface area contributed by atoms with E-state index >= 15 is 0 Å². The van der Waals surface area contributed by atoms with E-state index in [0.717, 1.165) is 18.8 Å². The van der Waals surface area contributed by atoms with Crippen molar-refractivity contribution in [2.45, 2.75) is 33.0 Å². The van der Waals surface area contributed by atoms with Crippen molar-refractivity contribution in [2.75, 3.05) is 24.6 Å². The van der Waals surface area contributed by atoms with Crippen LogP contribution in [0.2, 0.25) is 13.1 Å². The van der Waals surface area contributed by atoms with Gasteiger partial charge in [0.2, 0.25) is 8.32 Å². The summed E-state index contributed by atoms with van der Waals surface area (Å²) in [6.07, 6.45) is 0.363. The molecule has 0 aliphatic heterocycles. The molecule has 1 rings (SSSR count). The highest BCUT2D eigenvalue weighted by Gasteiger charge is 2.18. The summed E-state index contributed by atoms with van der Waals surface area (Å²) < 4.78 is 0. The van der Waals surface area contributed by atoms with Crippen LogP contribution >= 0.6 is 0 Å². The second-order valence-electron chi connectivity index (χ2n) is 6.11. The minimum Gasteiger partial charge on any atom is -0.431 e. The van der Waals surface area contributed by atoms with Crippen molar-refractivity contribution in [1.29, 1.82) is 0 Å².